The van der Waals surface area contributed by atoms with Gasteiger partial charge in [0.25, 0.3) is 0 Å². The van der Waals surface area contributed by atoms with Crippen LogP contribution in [0.4, 0.5) is 0 Å². The van der Waals surface area contributed by atoms with Gasteiger partial charge in [0.05, 0.1) is 11.9 Å². The van der Waals surface area contributed by atoms with E-state index in [4.69, 9.17) is 15.0 Å². The molecule has 0 aliphatic heterocycles. The van der Waals surface area contributed by atoms with Crippen molar-refractivity contribution in [2.75, 3.05) is 6.61 Å². The van der Waals surface area contributed by atoms with Crippen molar-refractivity contribution >= 4 is 0 Å². The van der Waals surface area contributed by atoms with E-state index in [-0.39, 0.29) is 11.6 Å². The highest BCUT2D eigenvalue weighted by Gasteiger charge is 2.42. The van der Waals surface area contributed by atoms with Gasteiger partial charge in [-0.1, -0.05) is 19.3 Å². The lowest BCUT2D eigenvalue weighted by atomic mass is 9.78. The molecule has 1 aromatic heterocycles. The molecule has 1 fully saturated rings. The van der Waals surface area contributed by atoms with Crippen molar-refractivity contribution in [3.63, 3.8) is 0 Å². The number of furan rings is 1. The number of ether oxygens (including phenoxy) is 1. The molecule has 1 saturated carbocycles. The summed E-state index contributed by atoms with van der Waals surface area (Å²) in [5, 5.41) is 0. The third-order valence-electron chi connectivity index (χ3n) is 3.65. The molecule has 1 aliphatic rings. The predicted octanol–water partition coefficient (Wildman–Crippen LogP) is 2.52. The van der Waals surface area contributed by atoms with Crippen LogP contribution in [-0.4, -0.2) is 12.2 Å². The first kappa shape index (κ1) is 12.6. The largest absolute Gasteiger partial charge is 0.468 e. The van der Waals surface area contributed by atoms with E-state index in [0.29, 0.717) is 6.61 Å². The van der Waals surface area contributed by atoms with Crippen LogP contribution < -0.4 is 11.3 Å². The zero-order valence-corrected chi connectivity index (χ0v) is 10.4. The van der Waals surface area contributed by atoms with Crippen LogP contribution in [0.2, 0.25) is 0 Å². The van der Waals surface area contributed by atoms with Crippen LogP contribution in [0.1, 0.15) is 50.8 Å². The van der Waals surface area contributed by atoms with Crippen molar-refractivity contribution in [1.29, 1.82) is 0 Å². The fourth-order valence-corrected chi connectivity index (χ4v) is 2.90. The lowest BCUT2D eigenvalue weighted by Gasteiger charge is -2.42. The van der Waals surface area contributed by atoms with Crippen LogP contribution in [-0.2, 0) is 4.74 Å². The minimum absolute atomic E-state index is 0.0576. The first-order valence-corrected chi connectivity index (χ1v) is 6.46. The second-order valence-corrected chi connectivity index (χ2v) is 4.67. The zero-order valence-electron chi connectivity index (χ0n) is 10.4. The van der Waals surface area contributed by atoms with Crippen molar-refractivity contribution in [2.24, 2.45) is 5.84 Å². The van der Waals surface area contributed by atoms with E-state index in [1.807, 2.05) is 19.1 Å². The fraction of sp³-hybridized carbons (Fsp3) is 0.692. The summed E-state index contributed by atoms with van der Waals surface area (Å²) in [6, 6.07) is 3.79. The Hall–Kier alpha value is -0.840. The summed E-state index contributed by atoms with van der Waals surface area (Å²) in [7, 11) is 0. The first-order chi connectivity index (χ1) is 8.32. The number of nitrogens with one attached hydrogen (secondary N) is 1. The smallest absolute Gasteiger partial charge is 0.124 e. The van der Waals surface area contributed by atoms with Crippen molar-refractivity contribution in [2.45, 2.75) is 50.7 Å². The van der Waals surface area contributed by atoms with E-state index in [1.165, 1.54) is 19.3 Å². The van der Waals surface area contributed by atoms with Gasteiger partial charge < -0.3 is 9.15 Å². The van der Waals surface area contributed by atoms with Crippen LogP contribution >= 0.6 is 0 Å². The minimum Gasteiger partial charge on any atom is -0.468 e. The second-order valence-electron chi connectivity index (χ2n) is 4.67. The molecule has 3 N–H and O–H groups in total. The van der Waals surface area contributed by atoms with Gasteiger partial charge in [-0.25, -0.2) is 5.43 Å². The summed E-state index contributed by atoms with van der Waals surface area (Å²) in [6.45, 7) is 2.74. The quantitative estimate of drug-likeness (QED) is 0.611. The fourth-order valence-electron chi connectivity index (χ4n) is 2.90. The van der Waals surface area contributed by atoms with Crippen molar-refractivity contribution < 1.29 is 9.15 Å². The Labute approximate surface area is 102 Å². The molecule has 1 unspecified atom stereocenters. The highest BCUT2D eigenvalue weighted by molar-refractivity contribution is 5.11. The molecule has 0 amide bonds. The molecule has 1 heterocycles. The summed E-state index contributed by atoms with van der Waals surface area (Å²) in [4.78, 5) is 0. The zero-order chi connectivity index (χ0) is 12.1. The monoisotopic (exact) mass is 238 g/mol. The van der Waals surface area contributed by atoms with Gasteiger partial charge in [0.15, 0.2) is 0 Å². The van der Waals surface area contributed by atoms with E-state index in [9.17, 15) is 0 Å². The maximum atomic E-state index is 6.04. The van der Waals surface area contributed by atoms with Gasteiger partial charge in [0.1, 0.15) is 11.8 Å². The maximum absolute atomic E-state index is 6.04. The molecule has 2 rings (SSSR count). The summed E-state index contributed by atoms with van der Waals surface area (Å²) >= 11 is 0. The SMILES string of the molecule is CCOC1(C(NN)c2ccco2)CCCCC1. The average Bonchev–Trinajstić information content (AvgIpc) is 2.85. The number of rotatable bonds is 5. The molecule has 0 spiro atoms. The van der Waals surface area contributed by atoms with Crippen LogP contribution in [0.25, 0.3) is 0 Å². The van der Waals surface area contributed by atoms with E-state index in [2.05, 4.69) is 5.43 Å². The lowest BCUT2D eigenvalue weighted by molar-refractivity contribution is -0.0953. The van der Waals surface area contributed by atoms with Gasteiger partial charge in [-0.05, 0) is 31.9 Å². The van der Waals surface area contributed by atoms with Crippen LogP contribution in [0.3, 0.4) is 0 Å². The number of hydrogen-bond acceptors (Lipinski definition) is 4. The molecule has 1 aromatic rings. The van der Waals surface area contributed by atoms with Gasteiger partial charge in [-0.2, -0.15) is 0 Å². The molecule has 96 valence electrons. The van der Waals surface area contributed by atoms with Gasteiger partial charge in [-0.3, -0.25) is 5.84 Å². The molecule has 4 heteroatoms. The van der Waals surface area contributed by atoms with Gasteiger partial charge >= 0.3 is 0 Å². The van der Waals surface area contributed by atoms with Gasteiger partial charge in [0.2, 0.25) is 0 Å². The first-order valence-electron chi connectivity index (χ1n) is 6.46. The Balaban J connectivity index is 2.23. The highest BCUT2D eigenvalue weighted by Crippen LogP contribution is 2.41. The van der Waals surface area contributed by atoms with Crippen molar-refractivity contribution in [3.05, 3.63) is 24.2 Å². The molecule has 0 radical (unpaired) electrons. The number of hydrazine groups is 1. The number of hydrogen-bond donors (Lipinski definition) is 2. The molecule has 1 aliphatic carbocycles. The standard InChI is InChI=1S/C13H22N2O2/c1-2-17-13(8-4-3-5-9-13)12(15-14)11-7-6-10-16-11/h6-7,10,12,15H,2-5,8-9,14H2,1H3. The summed E-state index contributed by atoms with van der Waals surface area (Å²) < 4.78 is 11.5. The normalized spacial score (nSPS) is 21.3. The third kappa shape index (κ3) is 2.54. The average molecular weight is 238 g/mol. The minimum atomic E-state index is -0.209. The molecule has 0 aromatic carbocycles. The topological polar surface area (TPSA) is 60.4 Å². The van der Waals surface area contributed by atoms with Crippen LogP contribution in [0.5, 0.6) is 0 Å². The summed E-state index contributed by atoms with van der Waals surface area (Å²) in [5.74, 6) is 6.58. The maximum Gasteiger partial charge on any atom is 0.124 e. The third-order valence-corrected chi connectivity index (χ3v) is 3.65. The Morgan fingerprint density at radius 3 is 2.76 bits per heavy atom. The van der Waals surface area contributed by atoms with E-state index >= 15 is 0 Å². The van der Waals surface area contributed by atoms with E-state index < -0.39 is 0 Å². The van der Waals surface area contributed by atoms with E-state index in [0.717, 1.165) is 18.6 Å². The van der Waals surface area contributed by atoms with Gasteiger partial charge in [0, 0.05) is 6.61 Å². The Morgan fingerprint density at radius 1 is 1.47 bits per heavy atom. The van der Waals surface area contributed by atoms with Crippen molar-refractivity contribution in [3.8, 4) is 0 Å². The Kier molecular flexibility index (Phi) is 4.20. The van der Waals surface area contributed by atoms with Crippen LogP contribution in [0, 0.1) is 0 Å². The molecular weight excluding hydrogens is 216 g/mol. The lowest BCUT2D eigenvalue weighted by Crippen LogP contribution is -2.49. The highest BCUT2D eigenvalue weighted by atomic mass is 16.5. The summed E-state index contributed by atoms with van der Waals surface area (Å²) in [6.07, 6.45) is 7.43. The van der Waals surface area contributed by atoms with Crippen molar-refractivity contribution in [1.82, 2.24) is 5.43 Å². The second kappa shape index (κ2) is 5.67. The molecule has 17 heavy (non-hydrogen) atoms. The van der Waals surface area contributed by atoms with Crippen LogP contribution in [0.15, 0.2) is 22.8 Å². The molecule has 0 saturated heterocycles. The molecule has 0 bridgehead atoms. The number of nitrogens with two attached hydrogens (primary N) is 1. The van der Waals surface area contributed by atoms with Gasteiger partial charge in [-0.15, -0.1) is 0 Å². The molecule has 1 atom stereocenters. The van der Waals surface area contributed by atoms with E-state index in [1.54, 1.807) is 6.26 Å². The molecule has 4 nitrogen and oxygen atoms in total. The predicted molar refractivity (Wildman–Crippen MR) is 66.2 cm³/mol. The Morgan fingerprint density at radius 2 is 2.24 bits per heavy atom. The summed E-state index contributed by atoms with van der Waals surface area (Å²) in [5.41, 5.74) is 2.67. The Bertz CT molecular complexity index is 313. The molecular formula is C13H22N2O2.